The molecule has 0 atom stereocenters. The van der Waals surface area contributed by atoms with Crippen LogP contribution in [0.1, 0.15) is 31.2 Å². The second-order valence-corrected chi connectivity index (χ2v) is 9.03. The third-order valence-corrected chi connectivity index (χ3v) is 6.93. The highest BCUT2D eigenvalue weighted by atomic mass is 19.4. The molecule has 5 rings (SSSR count). The van der Waals surface area contributed by atoms with E-state index in [2.05, 4.69) is 24.0 Å². The molecule has 0 spiro atoms. The molecular weight excluding hydrogens is 429 g/mol. The summed E-state index contributed by atoms with van der Waals surface area (Å²) in [5, 5.41) is 1.10. The monoisotopic (exact) mass is 454 g/mol. The second-order valence-electron chi connectivity index (χ2n) is 9.03. The molecule has 2 fully saturated rings. The first kappa shape index (κ1) is 21.7. The fourth-order valence-corrected chi connectivity index (χ4v) is 4.73. The third-order valence-electron chi connectivity index (χ3n) is 6.93. The number of hydrogen-bond donors (Lipinski definition) is 0. The van der Waals surface area contributed by atoms with Gasteiger partial charge in [0.05, 0.1) is 5.52 Å². The van der Waals surface area contributed by atoms with Gasteiger partial charge < -0.3 is 9.64 Å². The van der Waals surface area contributed by atoms with Crippen LogP contribution in [-0.4, -0.2) is 41.2 Å². The van der Waals surface area contributed by atoms with Crippen molar-refractivity contribution in [3.8, 4) is 16.9 Å². The van der Waals surface area contributed by atoms with E-state index in [-0.39, 0.29) is 18.9 Å². The van der Waals surface area contributed by atoms with Crippen molar-refractivity contribution in [2.24, 2.45) is 5.41 Å². The average Bonchev–Trinajstić information content (AvgIpc) is 3.63. The Kier molecular flexibility index (Phi) is 5.30. The number of amides is 1. The van der Waals surface area contributed by atoms with Crippen molar-refractivity contribution in [2.45, 2.75) is 44.9 Å². The van der Waals surface area contributed by atoms with Crippen LogP contribution in [0.5, 0.6) is 5.75 Å². The van der Waals surface area contributed by atoms with Crippen LogP contribution < -0.4 is 4.74 Å². The van der Waals surface area contributed by atoms with Gasteiger partial charge in [-0.05, 0) is 54.7 Å². The minimum atomic E-state index is -4.46. The Bertz CT molecular complexity index is 1180. The Balaban J connectivity index is 1.22. The van der Waals surface area contributed by atoms with Gasteiger partial charge in [-0.3, -0.25) is 9.78 Å². The van der Waals surface area contributed by atoms with Crippen LogP contribution in [0, 0.1) is 12.3 Å². The zero-order valence-corrected chi connectivity index (χ0v) is 18.4. The smallest absolute Gasteiger partial charge is 0.403 e. The molecular formula is C26H25F3N2O2. The van der Waals surface area contributed by atoms with Gasteiger partial charge in [-0.1, -0.05) is 30.3 Å². The Morgan fingerprint density at radius 1 is 1.06 bits per heavy atom. The second kappa shape index (κ2) is 8.04. The van der Waals surface area contributed by atoms with Gasteiger partial charge in [-0.2, -0.15) is 13.2 Å². The van der Waals surface area contributed by atoms with Gasteiger partial charge in [0.1, 0.15) is 17.3 Å². The van der Waals surface area contributed by atoms with E-state index >= 15 is 0 Å². The van der Waals surface area contributed by atoms with Crippen molar-refractivity contribution < 1.29 is 22.7 Å². The normalized spacial score (nSPS) is 18.4. The van der Waals surface area contributed by atoms with E-state index in [9.17, 15) is 18.0 Å². The molecule has 2 aromatic carbocycles. The fraction of sp³-hybridized carbons (Fsp3) is 0.385. The number of aryl methyl sites for hydroxylation is 1. The van der Waals surface area contributed by atoms with Crippen molar-refractivity contribution >= 4 is 16.8 Å². The van der Waals surface area contributed by atoms with Gasteiger partial charge in [0.2, 0.25) is 5.91 Å². The van der Waals surface area contributed by atoms with Gasteiger partial charge in [-0.15, -0.1) is 0 Å². The first-order valence-corrected chi connectivity index (χ1v) is 11.3. The van der Waals surface area contributed by atoms with Crippen LogP contribution in [0.15, 0.2) is 54.7 Å². The van der Waals surface area contributed by atoms with Gasteiger partial charge >= 0.3 is 6.18 Å². The summed E-state index contributed by atoms with van der Waals surface area (Å²) in [5.74, 6) is -0.0490. The van der Waals surface area contributed by atoms with E-state index in [0.717, 1.165) is 27.6 Å². The number of fused-ring (bicyclic) bond motifs is 1. The predicted molar refractivity (Wildman–Crippen MR) is 120 cm³/mol. The van der Waals surface area contributed by atoms with Crippen LogP contribution in [0.2, 0.25) is 0 Å². The number of piperidine rings is 1. The molecule has 1 amide bonds. The van der Waals surface area contributed by atoms with E-state index in [0.29, 0.717) is 31.7 Å². The number of pyridine rings is 1. The molecule has 1 aromatic heterocycles. The van der Waals surface area contributed by atoms with Gasteiger partial charge in [-0.25, -0.2) is 0 Å². The van der Waals surface area contributed by atoms with E-state index in [1.54, 1.807) is 6.20 Å². The molecule has 2 aliphatic rings. The summed E-state index contributed by atoms with van der Waals surface area (Å²) in [7, 11) is 0. The molecule has 172 valence electrons. The quantitative estimate of drug-likeness (QED) is 0.491. The topological polar surface area (TPSA) is 42.4 Å². The summed E-state index contributed by atoms with van der Waals surface area (Å²) < 4.78 is 45.8. The largest absolute Gasteiger partial charge is 0.490 e. The Labute approximate surface area is 190 Å². The minimum Gasteiger partial charge on any atom is -0.490 e. The summed E-state index contributed by atoms with van der Waals surface area (Å²) in [4.78, 5) is 18.3. The number of rotatable bonds is 4. The van der Waals surface area contributed by atoms with Crippen LogP contribution in [0.4, 0.5) is 13.2 Å². The molecule has 0 N–H and O–H groups in total. The highest BCUT2D eigenvalue weighted by Crippen LogP contribution is 2.58. The number of benzene rings is 2. The molecule has 1 aliphatic carbocycles. The number of hydrogen-bond acceptors (Lipinski definition) is 3. The lowest BCUT2D eigenvalue weighted by atomic mass is 9.98. The first-order chi connectivity index (χ1) is 15.8. The lowest BCUT2D eigenvalue weighted by Gasteiger charge is -2.35. The summed E-state index contributed by atoms with van der Waals surface area (Å²) in [6, 6.07) is 16.0. The number of aromatic nitrogens is 1. The number of ether oxygens (including phenoxy) is 1. The highest BCUT2D eigenvalue weighted by molar-refractivity contribution is 5.88. The van der Waals surface area contributed by atoms with Crippen LogP contribution in [0.3, 0.4) is 0 Å². The third kappa shape index (κ3) is 3.94. The maximum Gasteiger partial charge on any atom is 0.403 e. The van der Waals surface area contributed by atoms with E-state index in [1.165, 1.54) is 4.90 Å². The first-order valence-electron chi connectivity index (χ1n) is 11.3. The van der Waals surface area contributed by atoms with Crippen molar-refractivity contribution in [3.05, 3.63) is 60.3 Å². The number of nitrogens with zero attached hydrogens (tertiary/aromatic N) is 2. The predicted octanol–water partition coefficient (Wildman–Crippen LogP) is 5.92. The zero-order valence-electron chi connectivity index (χ0n) is 18.4. The number of carbonyl (C=O) groups is 1. The van der Waals surface area contributed by atoms with Crippen molar-refractivity contribution in [1.82, 2.24) is 9.88 Å². The Morgan fingerprint density at radius 3 is 2.39 bits per heavy atom. The van der Waals surface area contributed by atoms with Gasteiger partial charge in [0.15, 0.2) is 0 Å². The Morgan fingerprint density at radius 2 is 1.76 bits per heavy atom. The van der Waals surface area contributed by atoms with Crippen molar-refractivity contribution in [1.29, 1.82) is 0 Å². The van der Waals surface area contributed by atoms with Gasteiger partial charge in [0, 0.05) is 37.5 Å². The van der Waals surface area contributed by atoms with Crippen LogP contribution in [-0.2, 0) is 4.79 Å². The maximum atomic E-state index is 13.2. The van der Waals surface area contributed by atoms with Crippen molar-refractivity contribution in [3.63, 3.8) is 0 Å². The molecule has 0 unspecified atom stereocenters. The molecule has 1 saturated carbocycles. The van der Waals surface area contributed by atoms with E-state index < -0.39 is 17.5 Å². The number of likely N-dealkylation sites (tertiary alicyclic amines) is 1. The minimum absolute atomic E-state index is 0.0924. The molecule has 3 aromatic rings. The Hall–Kier alpha value is -3.09. The van der Waals surface area contributed by atoms with E-state index in [4.69, 9.17) is 4.74 Å². The van der Waals surface area contributed by atoms with E-state index in [1.807, 2.05) is 36.4 Å². The summed E-state index contributed by atoms with van der Waals surface area (Å²) in [6.45, 7) is 2.65. The average molecular weight is 454 g/mol. The maximum absolute atomic E-state index is 13.2. The summed E-state index contributed by atoms with van der Waals surface area (Å²) >= 11 is 0. The SMILES string of the molecule is Cc1c(-c2ccc(OC3CCN(C(=O)C4(C(F)(F)F)CC4)CC3)cc2)ccc2cccnc12. The van der Waals surface area contributed by atoms with Gasteiger partial charge in [0.25, 0.3) is 0 Å². The molecule has 0 bridgehead atoms. The summed E-state index contributed by atoms with van der Waals surface area (Å²) in [6.07, 6.45) is -1.92. The standard InChI is InChI=1S/C26H25F3N2O2/c1-17-22(9-6-19-3-2-14-30-23(17)19)18-4-7-20(8-5-18)33-21-10-15-31(16-11-21)24(32)25(12-13-25)26(27,28)29/h2-9,14,21H,10-13,15-16H2,1H3. The number of carbonyl (C=O) groups excluding carboxylic acids is 1. The summed E-state index contributed by atoms with van der Waals surface area (Å²) in [5.41, 5.74) is 2.14. The van der Waals surface area contributed by atoms with Crippen molar-refractivity contribution in [2.75, 3.05) is 13.1 Å². The molecule has 7 heteroatoms. The van der Waals surface area contributed by atoms with Crippen LogP contribution >= 0.6 is 0 Å². The molecule has 0 radical (unpaired) electrons. The molecule has 33 heavy (non-hydrogen) atoms. The molecule has 1 aliphatic heterocycles. The fourth-order valence-electron chi connectivity index (χ4n) is 4.73. The van der Waals surface area contributed by atoms with Crippen LogP contribution in [0.25, 0.3) is 22.0 Å². The lowest BCUT2D eigenvalue weighted by molar-refractivity contribution is -0.199. The highest BCUT2D eigenvalue weighted by Gasteiger charge is 2.69. The molecule has 2 heterocycles. The molecule has 4 nitrogen and oxygen atoms in total. The number of halogens is 3. The number of alkyl halides is 3. The lowest BCUT2D eigenvalue weighted by Crippen LogP contribution is -2.48. The molecule has 1 saturated heterocycles. The zero-order chi connectivity index (χ0) is 23.2.